The maximum absolute atomic E-state index is 4.00. The Balaban J connectivity index is 1.19. The highest BCUT2D eigenvalue weighted by atomic mass is 15.2. The number of nitrogens with one attached hydrogen (secondary N) is 1. The molecule has 2 heteroatoms. The second-order valence-electron chi connectivity index (χ2n) is 13.8. The Morgan fingerprint density at radius 2 is 1.23 bits per heavy atom. The van der Waals surface area contributed by atoms with E-state index >= 15 is 0 Å². The van der Waals surface area contributed by atoms with Crippen LogP contribution in [-0.2, 0) is 10.8 Å². The molecule has 2 aliphatic carbocycles. The van der Waals surface area contributed by atoms with Crippen molar-refractivity contribution in [1.82, 2.24) is 9.88 Å². The minimum Gasteiger partial charge on any atom is -0.361 e. The average molecular weight is 569 g/mol. The molecule has 6 aromatic rings. The molecule has 1 atom stereocenters. The van der Waals surface area contributed by atoms with Crippen LogP contribution < -0.4 is 5.32 Å². The predicted molar refractivity (Wildman–Crippen MR) is 185 cm³/mol. The van der Waals surface area contributed by atoms with Crippen LogP contribution in [0.2, 0.25) is 0 Å². The highest BCUT2D eigenvalue weighted by molar-refractivity contribution is 6.12. The van der Waals surface area contributed by atoms with Gasteiger partial charge in [-0.1, -0.05) is 125 Å². The lowest BCUT2D eigenvalue weighted by molar-refractivity contribution is 0.656. The Morgan fingerprint density at radius 1 is 0.591 bits per heavy atom. The van der Waals surface area contributed by atoms with Crippen LogP contribution in [0.25, 0.3) is 49.9 Å². The van der Waals surface area contributed by atoms with E-state index in [0.717, 1.165) is 12.2 Å². The van der Waals surface area contributed by atoms with Gasteiger partial charge in [-0.25, -0.2) is 0 Å². The van der Waals surface area contributed by atoms with Gasteiger partial charge in [0.2, 0.25) is 0 Å². The molecule has 1 N–H and O–H groups in total. The minimum absolute atomic E-state index is 0.0215. The molecule has 1 aromatic heterocycles. The zero-order valence-corrected chi connectivity index (χ0v) is 25.8. The summed E-state index contributed by atoms with van der Waals surface area (Å²) in [5, 5.41) is 6.61. The lowest BCUT2D eigenvalue weighted by Gasteiger charge is -2.24. The first-order chi connectivity index (χ1) is 21.3. The number of para-hydroxylation sites is 1. The summed E-state index contributed by atoms with van der Waals surface area (Å²) < 4.78 is 2.46. The van der Waals surface area contributed by atoms with Gasteiger partial charge >= 0.3 is 0 Å². The average Bonchev–Trinajstić information content (AvgIpc) is 3.45. The molecule has 2 heterocycles. The van der Waals surface area contributed by atoms with Gasteiger partial charge in [0.1, 0.15) is 5.82 Å². The number of hydrogen-bond donors (Lipinski definition) is 1. The summed E-state index contributed by atoms with van der Waals surface area (Å²) in [6.07, 6.45) is 7.88. The summed E-state index contributed by atoms with van der Waals surface area (Å²) in [5.74, 6) is 1.14. The van der Waals surface area contributed by atoms with E-state index in [1.807, 2.05) is 0 Å². The van der Waals surface area contributed by atoms with Gasteiger partial charge in [-0.3, -0.25) is 4.57 Å². The number of fused-ring (bicyclic) bond motifs is 9. The summed E-state index contributed by atoms with van der Waals surface area (Å²) >= 11 is 0. The van der Waals surface area contributed by atoms with Crippen LogP contribution in [0.5, 0.6) is 0 Å². The van der Waals surface area contributed by atoms with Gasteiger partial charge < -0.3 is 5.32 Å². The molecule has 3 aliphatic rings. The van der Waals surface area contributed by atoms with Crippen LogP contribution in [-0.4, -0.2) is 4.57 Å². The molecule has 0 saturated heterocycles. The third kappa shape index (κ3) is 3.37. The Hall–Kier alpha value is -4.82. The van der Waals surface area contributed by atoms with Crippen LogP contribution in [0.15, 0.2) is 121 Å². The largest absolute Gasteiger partial charge is 0.361 e. The Kier molecular flexibility index (Phi) is 5.17. The van der Waals surface area contributed by atoms with Gasteiger partial charge in [0.25, 0.3) is 0 Å². The quantitative estimate of drug-likeness (QED) is 0.206. The zero-order chi connectivity index (χ0) is 29.8. The van der Waals surface area contributed by atoms with Crippen molar-refractivity contribution in [3.63, 3.8) is 0 Å². The van der Waals surface area contributed by atoms with Gasteiger partial charge in [-0.2, -0.15) is 0 Å². The summed E-state index contributed by atoms with van der Waals surface area (Å²) in [6.45, 7) is 9.45. The third-order valence-electron chi connectivity index (χ3n) is 10.7. The molecule has 5 aromatic carbocycles. The molecule has 1 unspecified atom stereocenters. The number of hydrogen-bond acceptors (Lipinski definition) is 1. The van der Waals surface area contributed by atoms with E-state index in [0.29, 0.717) is 0 Å². The number of allylic oxidation sites excluding steroid dienone is 2. The van der Waals surface area contributed by atoms with Gasteiger partial charge in [0.15, 0.2) is 0 Å². The summed E-state index contributed by atoms with van der Waals surface area (Å²) in [6, 6.07) is 38.8. The normalized spacial score (nSPS) is 18.7. The maximum Gasteiger partial charge on any atom is 0.107 e. The highest BCUT2D eigenvalue weighted by Crippen LogP contribution is 2.51. The topological polar surface area (TPSA) is 17.0 Å². The zero-order valence-electron chi connectivity index (χ0n) is 25.8. The van der Waals surface area contributed by atoms with E-state index in [-0.39, 0.29) is 16.9 Å². The maximum atomic E-state index is 4.00. The number of aromatic nitrogens is 1. The molecule has 0 bridgehead atoms. The second kappa shape index (κ2) is 8.86. The first-order valence-electron chi connectivity index (χ1n) is 15.9. The van der Waals surface area contributed by atoms with Gasteiger partial charge in [0, 0.05) is 21.6 Å². The van der Waals surface area contributed by atoms with Crippen molar-refractivity contribution in [1.29, 1.82) is 0 Å². The van der Waals surface area contributed by atoms with Crippen LogP contribution in [0.1, 0.15) is 68.0 Å². The fraction of sp³-hybridized carbons (Fsp3) is 0.190. The van der Waals surface area contributed by atoms with E-state index in [2.05, 4.69) is 159 Å². The Labute approximate surface area is 259 Å². The standard InChI is InChI=1S/C42H36N2/c1-41(2)33-16-8-5-13-27(33)29-22-21-26(23-35(29)41)37-18-10-12-20-40(43-37)44-38-19-11-7-15-30(38)32-24-36-31(25-39(32)44)28-14-6-9-17-34(28)42(36,3)4/h5-11,13-25,37,43H,12H2,1-4H3. The van der Waals surface area contributed by atoms with Gasteiger partial charge in [0.05, 0.1) is 17.1 Å². The van der Waals surface area contributed by atoms with Crippen LogP contribution in [0, 0.1) is 0 Å². The van der Waals surface area contributed by atoms with Crippen molar-refractivity contribution < 1.29 is 0 Å². The molecule has 0 amide bonds. The van der Waals surface area contributed by atoms with E-state index in [1.165, 1.54) is 71.9 Å². The van der Waals surface area contributed by atoms with Crippen molar-refractivity contribution in [3.8, 4) is 22.3 Å². The summed E-state index contributed by atoms with van der Waals surface area (Å²) in [5.41, 5.74) is 14.8. The van der Waals surface area contributed by atoms with Crippen LogP contribution >= 0.6 is 0 Å². The molecule has 214 valence electrons. The molecular formula is C42H36N2. The van der Waals surface area contributed by atoms with Crippen molar-refractivity contribution in [2.45, 2.75) is 51.0 Å². The molecule has 44 heavy (non-hydrogen) atoms. The van der Waals surface area contributed by atoms with Crippen LogP contribution in [0.4, 0.5) is 0 Å². The molecule has 1 aliphatic heterocycles. The number of rotatable bonds is 2. The molecule has 0 saturated carbocycles. The molecule has 0 fully saturated rings. The Morgan fingerprint density at radius 3 is 2.00 bits per heavy atom. The highest BCUT2D eigenvalue weighted by Gasteiger charge is 2.37. The van der Waals surface area contributed by atoms with Crippen LogP contribution in [0.3, 0.4) is 0 Å². The summed E-state index contributed by atoms with van der Waals surface area (Å²) in [4.78, 5) is 0. The molecule has 2 nitrogen and oxygen atoms in total. The predicted octanol–water partition coefficient (Wildman–Crippen LogP) is 10.5. The monoisotopic (exact) mass is 568 g/mol. The molecule has 0 radical (unpaired) electrons. The van der Waals surface area contributed by atoms with Gasteiger partial charge in [-0.05, 0) is 80.8 Å². The van der Waals surface area contributed by atoms with E-state index in [4.69, 9.17) is 0 Å². The first-order valence-corrected chi connectivity index (χ1v) is 15.9. The SMILES string of the molecule is CC1(C)c2ccccc2-c2ccc(C3C=CCC=C(n4c5ccccc5c5cc6c(cc54)-c4ccccc4C6(C)C)N3)cc21. The fourth-order valence-corrected chi connectivity index (χ4v) is 8.35. The van der Waals surface area contributed by atoms with Crippen molar-refractivity contribution in [2.75, 3.05) is 0 Å². The van der Waals surface area contributed by atoms with Gasteiger partial charge in [-0.15, -0.1) is 0 Å². The van der Waals surface area contributed by atoms with E-state index in [9.17, 15) is 0 Å². The molecule has 9 rings (SSSR count). The second-order valence-corrected chi connectivity index (χ2v) is 13.8. The first kappa shape index (κ1) is 25.7. The van der Waals surface area contributed by atoms with Crippen molar-refractivity contribution in [3.05, 3.63) is 149 Å². The Bertz CT molecular complexity index is 2240. The van der Waals surface area contributed by atoms with Crippen molar-refractivity contribution in [2.24, 2.45) is 0 Å². The fourth-order valence-electron chi connectivity index (χ4n) is 8.35. The molecular weight excluding hydrogens is 532 g/mol. The number of benzene rings is 5. The lowest BCUT2D eigenvalue weighted by atomic mass is 9.81. The minimum atomic E-state index is -0.0286. The third-order valence-corrected chi connectivity index (χ3v) is 10.7. The lowest BCUT2D eigenvalue weighted by Crippen LogP contribution is -2.22. The van der Waals surface area contributed by atoms with E-state index < -0.39 is 0 Å². The number of nitrogens with zero attached hydrogens (tertiary/aromatic N) is 1. The smallest absolute Gasteiger partial charge is 0.107 e. The summed E-state index contributed by atoms with van der Waals surface area (Å²) in [7, 11) is 0. The van der Waals surface area contributed by atoms with E-state index in [1.54, 1.807) is 0 Å². The molecule has 0 spiro atoms. The van der Waals surface area contributed by atoms with Crippen molar-refractivity contribution >= 4 is 27.6 Å².